The van der Waals surface area contributed by atoms with E-state index in [-0.39, 0.29) is 0 Å². The molecule has 2 fully saturated rings. The Morgan fingerprint density at radius 3 is 2.79 bits per heavy atom. The lowest BCUT2D eigenvalue weighted by Gasteiger charge is -2.29. The third kappa shape index (κ3) is 1.95. The Labute approximate surface area is 86.8 Å². The molecule has 2 rings (SSSR count). The van der Waals surface area contributed by atoms with Crippen molar-refractivity contribution in [3.63, 3.8) is 0 Å². The van der Waals surface area contributed by atoms with Crippen LogP contribution in [0.5, 0.6) is 0 Å². The Kier molecular flexibility index (Phi) is 3.42. The topological polar surface area (TPSA) is 24.5 Å². The van der Waals surface area contributed by atoms with E-state index >= 15 is 0 Å². The minimum atomic E-state index is 0.480. The molecule has 1 saturated heterocycles. The number of methoxy groups -OCH3 is 1. The molecular formula is C11H22N2O. The number of nitrogens with one attached hydrogen (secondary N) is 1. The Bertz CT molecular complexity index is 186. The molecule has 0 spiro atoms. The quantitative estimate of drug-likeness (QED) is 0.727. The van der Waals surface area contributed by atoms with Gasteiger partial charge in [0, 0.05) is 32.3 Å². The first kappa shape index (κ1) is 10.4. The third-order valence-corrected chi connectivity index (χ3v) is 3.83. The standard InChI is InChI=1S/C11H22N2O/c1-12-10-4-3-5-11(10)13-7-6-9(8-13)14-2/h9-12H,3-8H2,1-2H3/t9-,10-,11+/m1/s1. The molecule has 82 valence electrons. The van der Waals surface area contributed by atoms with Gasteiger partial charge in [-0.05, 0) is 26.3 Å². The highest BCUT2D eigenvalue weighted by molar-refractivity contribution is 4.93. The number of nitrogens with zero attached hydrogens (tertiary/aromatic N) is 1. The van der Waals surface area contributed by atoms with E-state index in [1.807, 2.05) is 7.11 Å². The van der Waals surface area contributed by atoms with E-state index in [0.29, 0.717) is 12.1 Å². The van der Waals surface area contributed by atoms with Crippen LogP contribution in [0.15, 0.2) is 0 Å². The molecule has 3 atom stereocenters. The van der Waals surface area contributed by atoms with E-state index in [9.17, 15) is 0 Å². The summed E-state index contributed by atoms with van der Waals surface area (Å²) in [6.07, 6.45) is 5.78. The van der Waals surface area contributed by atoms with Crippen molar-refractivity contribution in [3.8, 4) is 0 Å². The summed E-state index contributed by atoms with van der Waals surface area (Å²) in [5.41, 5.74) is 0. The fourth-order valence-corrected chi connectivity index (χ4v) is 2.96. The summed E-state index contributed by atoms with van der Waals surface area (Å²) < 4.78 is 5.41. The average molecular weight is 198 g/mol. The Hall–Kier alpha value is -0.120. The molecule has 0 aromatic carbocycles. The highest BCUT2D eigenvalue weighted by Gasteiger charge is 2.35. The Morgan fingerprint density at radius 2 is 2.14 bits per heavy atom. The molecule has 3 heteroatoms. The van der Waals surface area contributed by atoms with Gasteiger partial charge in [-0.15, -0.1) is 0 Å². The van der Waals surface area contributed by atoms with Gasteiger partial charge in [0.15, 0.2) is 0 Å². The molecule has 1 N–H and O–H groups in total. The van der Waals surface area contributed by atoms with Crippen molar-refractivity contribution in [2.45, 2.75) is 43.9 Å². The van der Waals surface area contributed by atoms with Gasteiger partial charge in [-0.25, -0.2) is 0 Å². The van der Waals surface area contributed by atoms with E-state index in [4.69, 9.17) is 4.74 Å². The maximum atomic E-state index is 5.41. The smallest absolute Gasteiger partial charge is 0.0710 e. The molecule has 1 saturated carbocycles. The molecule has 2 aliphatic rings. The van der Waals surface area contributed by atoms with Gasteiger partial charge in [0.25, 0.3) is 0 Å². The maximum absolute atomic E-state index is 5.41. The lowest BCUT2D eigenvalue weighted by molar-refractivity contribution is 0.0984. The predicted molar refractivity (Wildman–Crippen MR) is 57.5 cm³/mol. The zero-order chi connectivity index (χ0) is 9.97. The Morgan fingerprint density at radius 1 is 1.29 bits per heavy atom. The summed E-state index contributed by atoms with van der Waals surface area (Å²) >= 11 is 0. The summed E-state index contributed by atoms with van der Waals surface area (Å²) in [4.78, 5) is 2.61. The molecule has 0 bridgehead atoms. The van der Waals surface area contributed by atoms with Crippen molar-refractivity contribution in [2.24, 2.45) is 0 Å². The first-order valence-corrected chi connectivity index (χ1v) is 5.79. The fourth-order valence-electron chi connectivity index (χ4n) is 2.96. The highest BCUT2D eigenvalue weighted by atomic mass is 16.5. The molecule has 1 aliphatic heterocycles. The van der Waals surface area contributed by atoms with Gasteiger partial charge in [0.2, 0.25) is 0 Å². The van der Waals surface area contributed by atoms with Crippen molar-refractivity contribution in [1.82, 2.24) is 10.2 Å². The lowest BCUT2D eigenvalue weighted by Crippen LogP contribution is -2.45. The van der Waals surface area contributed by atoms with Crippen LogP contribution in [0.3, 0.4) is 0 Å². The highest BCUT2D eigenvalue weighted by Crippen LogP contribution is 2.27. The van der Waals surface area contributed by atoms with Gasteiger partial charge >= 0.3 is 0 Å². The molecule has 0 amide bonds. The van der Waals surface area contributed by atoms with Crippen LogP contribution >= 0.6 is 0 Å². The second-order valence-corrected chi connectivity index (χ2v) is 4.53. The second-order valence-electron chi connectivity index (χ2n) is 4.53. The van der Waals surface area contributed by atoms with Crippen molar-refractivity contribution >= 4 is 0 Å². The molecule has 0 unspecified atom stereocenters. The Balaban J connectivity index is 1.89. The minimum absolute atomic E-state index is 0.480. The lowest BCUT2D eigenvalue weighted by atomic mass is 10.1. The maximum Gasteiger partial charge on any atom is 0.0710 e. The van der Waals surface area contributed by atoms with Gasteiger partial charge in [0.05, 0.1) is 6.10 Å². The molecule has 0 aromatic rings. The molecule has 14 heavy (non-hydrogen) atoms. The van der Waals surface area contributed by atoms with E-state index in [2.05, 4.69) is 17.3 Å². The van der Waals surface area contributed by atoms with Gasteiger partial charge in [0.1, 0.15) is 0 Å². The van der Waals surface area contributed by atoms with E-state index < -0.39 is 0 Å². The van der Waals surface area contributed by atoms with Crippen LogP contribution < -0.4 is 5.32 Å². The fraction of sp³-hybridized carbons (Fsp3) is 1.00. The van der Waals surface area contributed by atoms with Crippen LogP contribution in [-0.4, -0.2) is 50.3 Å². The largest absolute Gasteiger partial charge is 0.380 e. The number of likely N-dealkylation sites (tertiary alicyclic amines) is 1. The number of hydrogen-bond donors (Lipinski definition) is 1. The predicted octanol–water partition coefficient (Wildman–Crippen LogP) is 0.848. The average Bonchev–Trinajstić information content (AvgIpc) is 2.85. The summed E-state index contributed by atoms with van der Waals surface area (Å²) in [6, 6.07) is 1.48. The summed E-state index contributed by atoms with van der Waals surface area (Å²) in [5.74, 6) is 0. The van der Waals surface area contributed by atoms with Crippen LogP contribution in [0, 0.1) is 0 Å². The van der Waals surface area contributed by atoms with Crippen molar-refractivity contribution in [1.29, 1.82) is 0 Å². The van der Waals surface area contributed by atoms with Crippen LogP contribution in [0.25, 0.3) is 0 Å². The second kappa shape index (κ2) is 4.60. The van der Waals surface area contributed by atoms with Crippen molar-refractivity contribution < 1.29 is 4.74 Å². The first-order chi connectivity index (χ1) is 6.85. The van der Waals surface area contributed by atoms with E-state index in [1.165, 1.54) is 32.2 Å². The zero-order valence-electron chi connectivity index (χ0n) is 9.33. The molecular weight excluding hydrogens is 176 g/mol. The molecule has 1 aliphatic carbocycles. The van der Waals surface area contributed by atoms with Gasteiger partial charge in [-0.2, -0.15) is 0 Å². The number of hydrogen-bond acceptors (Lipinski definition) is 3. The molecule has 3 nitrogen and oxygen atoms in total. The van der Waals surface area contributed by atoms with Gasteiger partial charge in [-0.1, -0.05) is 6.42 Å². The third-order valence-electron chi connectivity index (χ3n) is 3.83. The van der Waals surface area contributed by atoms with Crippen LogP contribution in [0.2, 0.25) is 0 Å². The zero-order valence-corrected chi connectivity index (χ0v) is 9.33. The molecule has 0 aromatic heterocycles. The van der Waals surface area contributed by atoms with Crippen LogP contribution in [0.1, 0.15) is 25.7 Å². The summed E-state index contributed by atoms with van der Waals surface area (Å²) in [5, 5.41) is 3.44. The van der Waals surface area contributed by atoms with Crippen molar-refractivity contribution in [2.75, 3.05) is 27.2 Å². The van der Waals surface area contributed by atoms with Crippen molar-refractivity contribution in [3.05, 3.63) is 0 Å². The normalized spacial score (nSPS) is 39.4. The van der Waals surface area contributed by atoms with Gasteiger partial charge in [-0.3, -0.25) is 4.90 Å². The summed E-state index contributed by atoms with van der Waals surface area (Å²) in [6.45, 7) is 2.36. The monoisotopic (exact) mass is 198 g/mol. The van der Waals surface area contributed by atoms with Crippen LogP contribution in [-0.2, 0) is 4.74 Å². The SMILES string of the molecule is CN[C@@H]1CCC[C@@H]1N1CC[C@@H](OC)C1. The number of ether oxygens (including phenoxy) is 1. The number of rotatable bonds is 3. The molecule has 0 radical (unpaired) electrons. The van der Waals surface area contributed by atoms with Gasteiger partial charge < -0.3 is 10.1 Å². The summed E-state index contributed by atoms with van der Waals surface area (Å²) in [7, 11) is 3.92. The van der Waals surface area contributed by atoms with E-state index in [0.717, 1.165) is 12.6 Å². The van der Waals surface area contributed by atoms with Crippen LogP contribution in [0.4, 0.5) is 0 Å². The first-order valence-electron chi connectivity index (χ1n) is 5.79. The number of likely N-dealkylation sites (N-methyl/N-ethyl adjacent to an activating group) is 1. The molecule has 1 heterocycles. The van der Waals surface area contributed by atoms with E-state index in [1.54, 1.807) is 0 Å². The minimum Gasteiger partial charge on any atom is -0.380 e.